The lowest BCUT2D eigenvalue weighted by atomic mass is 9.77. The van der Waals surface area contributed by atoms with Gasteiger partial charge in [0, 0.05) is 6.04 Å². The summed E-state index contributed by atoms with van der Waals surface area (Å²) in [5, 5.41) is 12.6. The van der Waals surface area contributed by atoms with Gasteiger partial charge < -0.3 is 5.32 Å². The molecule has 0 aliphatic heterocycles. The van der Waals surface area contributed by atoms with Gasteiger partial charge in [-0.05, 0) is 37.5 Å². The molecule has 0 aromatic heterocycles. The second kappa shape index (κ2) is 5.94. The van der Waals surface area contributed by atoms with E-state index in [2.05, 4.69) is 25.2 Å². The Morgan fingerprint density at radius 2 is 1.84 bits per heavy atom. The summed E-state index contributed by atoms with van der Waals surface area (Å²) >= 11 is 0. The highest BCUT2D eigenvalue weighted by atomic mass is 16.2. The van der Waals surface area contributed by atoms with E-state index in [0.717, 1.165) is 32.1 Å². The molecule has 1 amide bonds. The molecule has 2 rings (SSSR count). The topological polar surface area (TPSA) is 52.9 Å². The monoisotopic (exact) mass is 262 g/mol. The number of hydrogen-bond acceptors (Lipinski definition) is 2. The number of nitrogens with one attached hydrogen (secondary N) is 1. The van der Waals surface area contributed by atoms with E-state index >= 15 is 0 Å². The lowest BCUT2D eigenvalue weighted by Crippen LogP contribution is -2.49. The predicted octanol–water partition coefficient (Wildman–Crippen LogP) is 3.40. The highest BCUT2D eigenvalue weighted by Gasteiger charge is 2.43. The summed E-state index contributed by atoms with van der Waals surface area (Å²) in [5.41, 5.74) is -0.723. The number of carbonyl (C=O) groups excluding carboxylic acids is 1. The van der Waals surface area contributed by atoms with Gasteiger partial charge in [-0.15, -0.1) is 0 Å². The van der Waals surface area contributed by atoms with Crippen molar-refractivity contribution in [3.8, 4) is 6.07 Å². The zero-order valence-electron chi connectivity index (χ0n) is 12.2. The van der Waals surface area contributed by atoms with Crippen molar-refractivity contribution < 1.29 is 4.79 Å². The summed E-state index contributed by atoms with van der Waals surface area (Å²) in [5.74, 6) is 1.19. The van der Waals surface area contributed by atoms with E-state index < -0.39 is 5.41 Å². The number of rotatable bonds is 3. The highest BCUT2D eigenvalue weighted by Crippen LogP contribution is 2.38. The fourth-order valence-electron chi connectivity index (χ4n) is 3.81. The van der Waals surface area contributed by atoms with Crippen molar-refractivity contribution in [3.63, 3.8) is 0 Å². The first-order valence-electron chi connectivity index (χ1n) is 7.81. The van der Waals surface area contributed by atoms with Crippen molar-refractivity contribution in [2.75, 3.05) is 0 Å². The van der Waals surface area contributed by atoms with Crippen LogP contribution in [0.3, 0.4) is 0 Å². The van der Waals surface area contributed by atoms with Crippen LogP contribution in [0.4, 0.5) is 0 Å². The van der Waals surface area contributed by atoms with Gasteiger partial charge in [-0.3, -0.25) is 4.79 Å². The molecule has 2 aliphatic rings. The van der Waals surface area contributed by atoms with Gasteiger partial charge in [0.1, 0.15) is 5.41 Å². The van der Waals surface area contributed by atoms with E-state index in [1.54, 1.807) is 0 Å². The SMILES string of the molecule is CC(C)C1CCCCC1NC(=O)C1(C#N)CCCC1. The largest absolute Gasteiger partial charge is 0.352 e. The Morgan fingerprint density at radius 1 is 1.21 bits per heavy atom. The van der Waals surface area contributed by atoms with Crippen LogP contribution in [0.15, 0.2) is 0 Å². The van der Waals surface area contributed by atoms with Crippen LogP contribution in [0.5, 0.6) is 0 Å². The van der Waals surface area contributed by atoms with Crippen LogP contribution in [0, 0.1) is 28.6 Å². The standard InChI is InChI=1S/C16H26N2O/c1-12(2)13-7-3-4-8-14(13)18-15(19)16(11-17)9-5-6-10-16/h12-14H,3-10H2,1-2H3,(H,18,19). The zero-order valence-corrected chi connectivity index (χ0v) is 12.2. The molecule has 106 valence electrons. The van der Waals surface area contributed by atoms with Gasteiger partial charge in [0.25, 0.3) is 0 Å². The first kappa shape index (κ1) is 14.4. The molecule has 2 fully saturated rings. The summed E-state index contributed by atoms with van der Waals surface area (Å²) in [6, 6.07) is 2.58. The Kier molecular flexibility index (Phi) is 4.50. The predicted molar refractivity (Wildman–Crippen MR) is 75.2 cm³/mol. The zero-order chi connectivity index (χ0) is 13.9. The summed E-state index contributed by atoms with van der Waals surface area (Å²) < 4.78 is 0. The van der Waals surface area contributed by atoms with E-state index in [1.165, 1.54) is 19.3 Å². The van der Waals surface area contributed by atoms with Crippen molar-refractivity contribution in [2.45, 2.75) is 71.3 Å². The molecule has 3 nitrogen and oxygen atoms in total. The average Bonchev–Trinajstić information content (AvgIpc) is 2.89. The second-order valence-corrected chi connectivity index (χ2v) is 6.67. The third kappa shape index (κ3) is 2.94. The van der Waals surface area contributed by atoms with E-state index in [1.807, 2.05) is 0 Å². The van der Waals surface area contributed by atoms with Gasteiger partial charge >= 0.3 is 0 Å². The molecule has 0 bridgehead atoms. The van der Waals surface area contributed by atoms with Gasteiger partial charge in [0.15, 0.2) is 0 Å². The van der Waals surface area contributed by atoms with E-state index in [0.29, 0.717) is 11.8 Å². The maximum Gasteiger partial charge on any atom is 0.240 e. The van der Waals surface area contributed by atoms with Crippen LogP contribution in [-0.4, -0.2) is 11.9 Å². The molecular formula is C16H26N2O. The quantitative estimate of drug-likeness (QED) is 0.847. The average molecular weight is 262 g/mol. The van der Waals surface area contributed by atoms with Gasteiger partial charge in [-0.1, -0.05) is 39.5 Å². The molecule has 3 heteroatoms. The molecule has 0 saturated heterocycles. The van der Waals surface area contributed by atoms with Crippen molar-refractivity contribution in [1.82, 2.24) is 5.32 Å². The molecule has 19 heavy (non-hydrogen) atoms. The normalized spacial score (nSPS) is 30.0. The molecule has 0 aromatic carbocycles. The number of amides is 1. The van der Waals surface area contributed by atoms with Gasteiger partial charge in [0.05, 0.1) is 6.07 Å². The number of nitrogens with zero attached hydrogens (tertiary/aromatic N) is 1. The van der Waals surface area contributed by atoms with Crippen LogP contribution >= 0.6 is 0 Å². The molecule has 1 N–H and O–H groups in total. The van der Waals surface area contributed by atoms with Crippen molar-refractivity contribution in [1.29, 1.82) is 5.26 Å². The minimum Gasteiger partial charge on any atom is -0.352 e. The molecule has 2 unspecified atom stereocenters. The van der Waals surface area contributed by atoms with Crippen molar-refractivity contribution in [2.24, 2.45) is 17.3 Å². The van der Waals surface area contributed by atoms with E-state index in [-0.39, 0.29) is 11.9 Å². The maximum absolute atomic E-state index is 12.5. The third-order valence-corrected chi connectivity index (χ3v) is 5.10. The molecular weight excluding hydrogens is 236 g/mol. The summed E-state index contributed by atoms with van der Waals surface area (Å²) in [6.07, 6.45) is 8.28. The first-order chi connectivity index (χ1) is 9.09. The smallest absolute Gasteiger partial charge is 0.240 e. The van der Waals surface area contributed by atoms with E-state index in [9.17, 15) is 10.1 Å². The second-order valence-electron chi connectivity index (χ2n) is 6.67. The minimum absolute atomic E-state index is 0.00468. The van der Waals surface area contributed by atoms with Crippen LogP contribution in [0.25, 0.3) is 0 Å². The Morgan fingerprint density at radius 3 is 2.42 bits per heavy atom. The molecule has 0 heterocycles. The van der Waals surface area contributed by atoms with Crippen LogP contribution < -0.4 is 5.32 Å². The summed E-state index contributed by atoms with van der Waals surface area (Å²) in [6.45, 7) is 4.48. The lowest BCUT2D eigenvalue weighted by Gasteiger charge is -2.36. The Balaban J connectivity index is 2.03. The van der Waals surface area contributed by atoms with Gasteiger partial charge in [0.2, 0.25) is 5.91 Å². The van der Waals surface area contributed by atoms with Crippen molar-refractivity contribution >= 4 is 5.91 Å². The number of hydrogen-bond donors (Lipinski definition) is 1. The fraction of sp³-hybridized carbons (Fsp3) is 0.875. The fourth-order valence-corrected chi connectivity index (χ4v) is 3.81. The van der Waals surface area contributed by atoms with Crippen molar-refractivity contribution in [3.05, 3.63) is 0 Å². The first-order valence-corrected chi connectivity index (χ1v) is 7.81. The third-order valence-electron chi connectivity index (χ3n) is 5.10. The van der Waals surface area contributed by atoms with E-state index in [4.69, 9.17) is 0 Å². The molecule has 2 atom stereocenters. The Hall–Kier alpha value is -1.04. The Labute approximate surface area is 116 Å². The molecule has 2 saturated carbocycles. The van der Waals surface area contributed by atoms with Crippen LogP contribution in [0.2, 0.25) is 0 Å². The minimum atomic E-state index is -0.723. The summed E-state index contributed by atoms with van der Waals surface area (Å²) in [4.78, 5) is 12.5. The lowest BCUT2D eigenvalue weighted by molar-refractivity contribution is -0.129. The highest BCUT2D eigenvalue weighted by molar-refractivity contribution is 5.86. The summed E-state index contributed by atoms with van der Waals surface area (Å²) in [7, 11) is 0. The molecule has 0 aromatic rings. The van der Waals surface area contributed by atoms with Crippen LogP contribution in [0.1, 0.15) is 65.2 Å². The molecule has 0 radical (unpaired) electrons. The van der Waals surface area contributed by atoms with Gasteiger partial charge in [-0.2, -0.15) is 5.26 Å². The number of nitriles is 1. The molecule has 2 aliphatic carbocycles. The van der Waals surface area contributed by atoms with Crippen LogP contribution in [-0.2, 0) is 4.79 Å². The Bertz CT molecular complexity index is 363. The number of carbonyl (C=O) groups is 1. The molecule has 0 spiro atoms. The maximum atomic E-state index is 12.5. The van der Waals surface area contributed by atoms with Gasteiger partial charge in [-0.25, -0.2) is 0 Å².